The summed E-state index contributed by atoms with van der Waals surface area (Å²) in [6.45, 7) is 10.7. The highest BCUT2D eigenvalue weighted by Crippen LogP contribution is 2.29. The lowest BCUT2D eigenvalue weighted by molar-refractivity contribution is -1.09. The first-order valence-electron chi connectivity index (χ1n) is 13.7. The number of ether oxygens (including phenoxy) is 1. The summed E-state index contributed by atoms with van der Waals surface area (Å²) in [6.07, 6.45) is 3.01. The van der Waals surface area contributed by atoms with Gasteiger partial charge in [-0.25, -0.2) is 4.98 Å². The maximum absolute atomic E-state index is 12.7. The third kappa shape index (κ3) is 8.14. The van der Waals surface area contributed by atoms with Crippen LogP contribution in [0, 0.1) is 0 Å². The van der Waals surface area contributed by atoms with E-state index in [0.29, 0.717) is 42.5 Å². The molecule has 4 rings (SSSR count). The first-order chi connectivity index (χ1) is 19.6. The van der Waals surface area contributed by atoms with E-state index < -0.39 is 16.0 Å². The van der Waals surface area contributed by atoms with E-state index in [9.17, 15) is 18.0 Å². The number of carbonyl (C=O) groups is 2. The van der Waals surface area contributed by atoms with Crippen molar-refractivity contribution in [2.24, 2.45) is 0 Å². The molecule has 2 amide bonds. The highest BCUT2D eigenvalue weighted by Gasteiger charge is 2.47. The average Bonchev–Trinajstić information content (AvgIpc) is 3.52. The molecule has 0 bridgehead atoms. The number of hydroxylamine groups is 3. The lowest BCUT2D eigenvalue weighted by Gasteiger charge is -2.33. The van der Waals surface area contributed by atoms with Crippen LogP contribution < -0.4 is 15.4 Å². The largest absolute Gasteiger partial charge is 0.483 e. The normalized spacial score (nSPS) is 19.1. The van der Waals surface area contributed by atoms with E-state index in [-0.39, 0.29) is 40.2 Å². The predicted octanol–water partition coefficient (Wildman–Crippen LogP) is 4.07. The van der Waals surface area contributed by atoms with Crippen LogP contribution in [-0.4, -0.2) is 66.5 Å². The molecule has 13 heteroatoms. The topological polar surface area (TPSA) is 150 Å². The van der Waals surface area contributed by atoms with Crippen LogP contribution in [0.15, 0.2) is 53.2 Å². The number of nitrogens with one attached hydrogen (secondary N) is 2. The molecule has 12 nitrogen and oxygen atoms in total. The molecular weight excluding hydrogens is 562 g/mol. The standard InChI is InChI=1S/C29H37N5O7S/c1-19(2)34(41-42(6,37)38)14-13-23(18-34)39-22-11-12-24(30-17-22)28(36)31-21-9-7-20(8-10-21)15-27(35)32-26-16-25(40-33-26)29(3,4)5/h7-12,16-17,19,23H,13-15,18H2,1-6H3,(H-,31,32,33,35,36)/p+1. The molecule has 226 valence electrons. The van der Waals surface area contributed by atoms with Gasteiger partial charge in [0.05, 0.1) is 18.9 Å². The molecule has 0 spiro atoms. The summed E-state index contributed by atoms with van der Waals surface area (Å²) in [5.41, 5.74) is 1.30. The minimum absolute atomic E-state index is 0.0270. The number of hydrogen-bond donors (Lipinski definition) is 2. The van der Waals surface area contributed by atoms with Crippen molar-refractivity contribution in [3.63, 3.8) is 0 Å². The Hall–Kier alpha value is -3.81. The van der Waals surface area contributed by atoms with Gasteiger partial charge >= 0.3 is 10.1 Å². The minimum Gasteiger partial charge on any atom is -0.483 e. The SMILES string of the molecule is CC(C)[N+]1(OS(C)(=O)=O)CCC(Oc2ccc(C(=O)Nc3ccc(CC(=O)Nc4cc(C(C)(C)C)on4)cc3)nc2)C1. The predicted molar refractivity (Wildman–Crippen MR) is 156 cm³/mol. The third-order valence-corrected chi connectivity index (χ3v) is 7.50. The summed E-state index contributed by atoms with van der Waals surface area (Å²) in [5, 5.41) is 9.42. The monoisotopic (exact) mass is 600 g/mol. The number of quaternary nitrogens is 1. The Kier molecular flexibility index (Phi) is 9.04. The second-order valence-electron chi connectivity index (χ2n) is 11.8. The molecule has 42 heavy (non-hydrogen) atoms. The van der Waals surface area contributed by atoms with Crippen molar-refractivity contribution in [1.82, 2.24) is 10.1 Å². The van der Waals surface area contributed by atoms with E-state index in [1.54, 1.807) is 42.5 Å². The van der Waals surface area contributed by atoms with E-state index in [1.165, 1.54) is 6.20 Å². The van der Waals surface area contributed by atoms with Crippen LogP contribution in [0.4, 0.5) is 11.5 Å². The van der Waals surface area contributed by atoms with Gasteiger partial charge in [0.1, 0.15) is 36.3 Å². The van der Waals surface area contributed by atoms with Crippen LogP contribution in [0.2, 0.25) is 0 Å². The molecule has 1 fully saturated rings. The Labute approximate surface area is 246 Å². The number of hydrogen-bond acceptors (Lipinski definition) is 9. The molecule has 1 aromatic carbocycles. The highest BCUT2D eigenvalue weighted by atomic mass is 32.2. The molecule has 2 aromatic heterocycles. The molecule has 3 heterocycles. The summed E-state index contributed by atoms with van der Waals surface area (Å²) in [7, 11) is -3.63. The molecule has 1 aliphatic heterocycles. The number of benzene rings is 1. The van der Waals surface area contributed by atoms with Gasteiger partial charge in [-0.2, -0.15) is 13.1 Å². The van der Waals surface area contributed by atoms with E-state index >= 15 is 0 Å². The van der Waals surface area contributed by atoms with Gasteiger partial charge in [0.25, 0.3) is 5.91 Å². The second kappa shape index (κ2) is 12.2. The molecule has 0 radical (unpaired) electrons. The maximum atomic E-state index is 12.7. The lowest BCUT2D eigenvalue weighted by Crippen LogP contribution is -2.53. The zero-order chi connectivity index (χ0) is 30.7. The molecular formula is C29H38N5O7S+. The van der Waals surface area contributed by atoms with Crippen molar-refractivity contribution in [3.8, 4) is 5.75 Å². The summed E-state index contributed by atoms with van der Waals surface area (Å²) in [6, 6.07) is 11.8. The smallest absolute Gasteiger partial charge is 0.311 e. The summed E-state index contributed by atoms with van der Waals surface area (Å²) < 4.78 is 40.3. The highest BCUT2D eigenvalue weighted by molar-refractivity contribution is 7.85. The molecule has 2 N–H and O–H groups in total. The molecule has 0 saturated carbocycles. The Morgan fingerprint density at radius 1 is 1.12 bits per heavy atom. The van der Waals surface area contributed by atoms with Gasteiger partial charge in [-0.15, -0.1) is 0 Å². The summed E-state index contributed by atoms with van der Waals surface area (Å²) in [4.78, 5) is 29.4. The van der Waals surface area contributed by atoms with Crippen molar-refractivity contribution in [2.75, 3.05) is 30.0 Å². The van der Waals surface area contributed by atoms with Crippen LogP contribution in [0.3, 0.4) is 0 Å². The van der Waals surface area contributed by atoms with Crippen molar-refractivity contribution in [1.29, 1.82) is 0 Å². The molecule has 3 aromatic rings. The van der Waals surface area contributed by atoms with Gasteiger partial charge in [-0.05, 0) is 43.7 Å². The number of amides is 2. The van der Waals surface area contributed by atoms with Gasteiger partial charge in [0, 0.05) is 23.6 Å². The zero-order valence-corrected chi connectivity index (χ0v) is 25.5. The van der Waals surface area contributed by atoms with Crippen molar-refractivity contribution in [3.05, 3.63) is 65.7 Å². The Bertz CT molecular complexity index is 1510. The number of likely N-dealkylation sites (tertiary alicyclic amines) is 1. The van der Waals surface area contributed by atoms with Gasteiger partial charge in [-0.1, -0.05) is 42.3 Å². The van der Waals surface area contributed by atoms with Gasteiger partial charge in [-0.3, -0.25) is 9.59 Å². The van der Waals surface area contributed by atoms with Crippen LogP contribution >= 0.6 is 0 Å². The Morgan fingerprint density at radius 2 is 1.83 bits per heavy atom. The summed E-state index contributed by atoms with van der Waals surface area (Å²) >= 11 is 0. The van der Waals surface area contributed by atoms with Gasteiger partial charge in [0.15, 0.2) is 11.9 Å². The number of aromatic nitrogens is 2. The molecule has 2 unspecified atom stereocenters. The van der Waals surface area contributed by atoms with Crippen LogP contribution in [0.5, 0.6) is 5.75 Å². The van der Waals surface area contributed by atoms with Gasteiger partial charge in [0.2, 0.25) is 5.91 Å². The van der Waals surface area contributed by atoms with Crippen molar-refractivity contribution in [2.45, 2.75) is 65.0 Å². The number of rotatable bonds is 10. The van der Waals surface area contributed by atoms with E-state index in [2.05, 4.69) is 20.8 Å². The van der Waals surface area contributed by atoms with E-state index in [4.69, 9.17) is 13.5 Å². The molecule has 1 aliphatic rings. The van der Waals surface area contributed by atoms with Crippen LogP contribution in [0.1, 0.15) is 62.9 Å². The minimum atomic E-state index is -3.63. The number of carbonyl (C=O) groups excluding carboxylic acids is 2. The Morgan fingerprint density at radius 3 is 2.40 bits per heavy atom. The van der Waals surface area contributed by atoms with Crippen LogP contribution in [0.25, 0.3) is 0 Å². The fourth-order valence-electron chi connectivity index (χ4n) is 4.62. The van der Waals surface area contributed by atoms with Crippen molar-refractivity contribution >= 4 is 33.4 Å². The zero-order valence-electron chi connectivity index (χ0n) is 24.7. The third-order valence-electron chi connectivity index (χ3n) is 6.93. The first kappa shape index (κ1) is 31.1. The maximum Gasteiger partial charge on any atom is 0.311 e. The average molecular weight is 601 g/mol. The van der Waals surface area contributed by atoms with E-state index in [1.807, 2.05) is 34.6 Å². The first-order valence-corrected chi connectivity index (χ1v) is 15.5. The quantitative estimate of drug-likeness (QED) is 0.328. The second-order valence-corrected chi connectivity index (χ2v) is 13.4. The van der Waals surface area contributed by atoms with Crippen LogP contribution in [-0.2, 0) is 31.0 Å². The van der Waals surface area contributed by atoms with Crippen molar-refractivity contribution < 1.29 is 36.2 Å². The lowest BCUT2D eigenvalue weighted by atomic mass is 9.93. The molecule has 1 saturated heterocycles. The number of nitrogens with zero attached hydrogens (tertiary/aromatic N) is 3. The number of pyridine rings is 1. The molecule has 0 aliphatic carbocycles. The summed E-state index contributed by atoms with van der Waals surface area (Å²) in [5.74, 6) is 0.886. The fourth-order valence-corrected chi connectivity index (χ4v) is 5.46. The fraction of sp³-hybridized carbons (Fsp3) is 0.448. The Balaban J connectivity index is 1.28. The van der Waals surface area contributed by atoms with E-state index in [0.717, 1.165) is 11.8 Å². The number of anilines is 2. The van der Waals surface area contributed by atoms with Gasteiger partial charge < -0.3 is 19.9 Å². The molecule has 2 atom stereocenters.